The molecule has 4 heteroatoms. The molecule has 0 bridgehead atoms. The predicted molar refractivity (Wildman–Crippen MR) is 71.5 cm³/mol. The largest absolute Gasteiger partial charge is 0.276 e. The van der Waals surface area contributed by atoms with Crippen LogP contribution in [0.25, 0.3) is 17.1 Å². The Morgan fingerprint density at radius 3 is 2.32 bits per heavy atom. The fraction of sp³-hybridized carbons (Fsp3) is 0.0667. The summed E-state index contributed by atoms with van der Waals surface area (Å²) in [6.07, 6.45) is 0. The SMILES string of the molecule is Cc1nnc(-c2ccccc2)n1-c1ccccc1F. The van der Waals surface area contributed by atoms with Crippen LogP contribution in [0.5, 0.6) is 0 Å². The molecular formula is C15H12FN3. The highest BCUT2D eigenvalue weighted by molar-refractivity contribution is 5.58. The molecule has 19 heavy (non-hydrogen) atoms. The molecule has 0 aliphatic heterocycles. The Bertz CT molecular complexity index is 704. The Morgan fingerprint density at radius 1 is 0.895 bits per heavy atom. The van der Waals surface area contributed by atoms with E-state index in [1.807, 2.05) is 37.3 Å². The van der Waals surface area contributed by atoms with Crippen LogP contribution in [0.15, 0.2) is 54.6 Å². The second kappa shape index (κ2) is 4.65. The summed E-state index contributed by atoms with van der Waals surface area (Å²) in [7, 11) is 0. The van der Waals surface area contributed by atoms with Gasteiger partial charge in [0.15, 0.2) is 5.82 Å². The molecule has 1 heterocycles. The minimum absolute atomic E-state index is 0.289. The number of hydrogen-bond donors (Lipinski definition) is 0. The number of aromatic nitrogens is 3. The second-order valence-corrected chi connectivity index (χ2v) is 4.22. The van der Waals surface area contributed by atoms with E-state index in [1.54, 1.807) is 22.8 Å². The van der Waals surface area contributed by atoms with Crippen LogP contribution in [0.3, 0.4) is 0 Å². The van der Waals surface area contributed by atoms with Crippen molar-refractivity contribution in [2.24, 2.45) is 0 Å². The van der Waals surface area contributed by atoms with Gasteiger partial charge in [0.1, 0.15) is 11.6 Å². The number of halogens is 1. The molecular weight excluding hydrogens is 241 g/mol. The van der Waals surface area contributed by atoms with Crippen molar-refractivity contribution in [1.82, 2.24) is 14.8 Å². The quantitative estimate of drug-likeness (QED) is 0.701. The molecule has 2 aromatic carbocycles. The number of rotatable bonds is 2. The maximum Gasteiger partial charge on any atom is 0.168 e. The summed E-state index contributed by atoms with van der Waals surface area (Å²) in [6, 6.07) is 16.3. The van der Waals surface area contributed by atoms with Crippen LogP contribution >= 0.6 is 0 Å². The number of hydrogen-bond acceptors (Lipinski definition) is 2. The highest BCUT2D eigenvalue weighted by Crippen LogP contribution is 2.23. The monoisotopic (exact) mass is 253 g/mol. The third kappa shape index (κ3) is 2.01. The van der Waals surface area contributed by atoms with E-state index in [1.165, 1.54) is 6.07 Å². The molecule has 0 saturated carbocycles. The molecule has 3 aromatic rings. The Kier molecular flexibility index (Phi) is 2.83. The maximum absolute atomic E-state index is 14.0. The Morgan fingerprint density at radius 2 is 1.58 bits per heavy atom. The topological polar surface area (TPSA) is 30.7 Å². The normalized spacial score (nSPS) is 10.6. The second-order valence-electron chi connectivity index (χ2n) is 4.22. The van der Waals surface area contributed by atoms with Crippen molar-refractivity contribution < 1.29 is 4.39 Å². The number of aryl methyl sites for hydroxylation is 1. The zero-order valence-electron chi connectivity index (χ0n) is 10.4. The van der Waals surface area contributed by atoms with Gasteiger partial charge in [-0.1, -0.05) is 42.5 Å². The average Bonchev–Trinajstić information content (AvgIpc) is 2.82. The summed E-state index contributed by atoms with van der Waals surface area (Å²) in [6.45, 7) is 1.81. The number of para-hydroxylation sites is 1. The van der Waals surface area contributed by atoms with E-state index in [-0.39, 0.29) is 5.82 Å². The van der Waals surface area contributed by atoms with Crippen LogP contribution in [-0.2, 0) is 0 Å². The molecule has 0 radical (unpaired) electrons. The summed E-state index contributed by atoms with van der Waals surface area (Å²) >= 11 is 0. The zero-order chi connectivity index (χ0) is 13.2. The van der Waals surface area contributed by atoms with E-state index in [9.17, 15) is 4.39 Å². The number of benzene rings is 2. The minimum atomic E-state index is -0.289. The van der Waals surface area contributed by atoms with Crippen LogP contribution in [0, 0.1) is 12.7 Å². The molecule has 0 aliphatic carbocycles. The van der Waals surface area contributed by atoms with Crippen LogP contribution in [0.1, 0.15) is 5.82 Å². The smallest absolute Gasteiger partial charge is 0.168 e. The van der Waals surface area contributed by atoms with Crippen LogP contribution < -0.4 is 0 Å². The molecule has 3 nitrogen and oxygen atoms in total. The van der Waals surface area contributed by atoms with Gasteiger partial charge in [-0.05, 0) is 19.1 Å². The molecule has 0 atom stereocenters. The van der Waals surface area contributed by atoms with Gasteiger partial charge in [0.25, 0.3) is 0 Å². The summed E-state index contributed by atoms with van der Waals surface area (Å²) < 4.78 is 15.7. The van der Waals surface area contributed by atoms with Crippen molar-refractivity contribution >= 4 is 0 Å². The average molecular weight is 253 g/mol. The third-order valence-electron chi connectivity index (χ3n) is 2.95. The van der Waals surface area contributed by atoms with Crippen LogP contribution in [0.4, 0.5) is 4.39 Å². The highest BCUT2D eigenvalue weighted by Gasteiger charge is 2.14. The fourth-order valence-corrected chi connectivity index (χ4v) is 2.06. The van der Waals surface area contributed by atoms with Crippen molar-refractivity contribution in [3.63, 3.8) is 0 Å². The lowest BCUT2D eigenvalue weighted by Gasteiger charge is -2.09. The van der Waals surface area contributed by atoms with Gasteiger partial charge in [-0.2, -0.15) is 0 Å². The van der Waals surface area contributed by atoms with Gasteiger partial charge in [-0.25, -0.2) is 4.39 Å². The minimum Gasteiger partial charge on any atom is -0.276 e. The van der Waals surface area contributed by atoms with Gasteiger partial charge < -0.3 is 0 Å². The first-order valence-electron chi connectivity index (χ1n) is 6.00. The van der Waals surface area contributed by atoms with Crippen molar-refractivity contribution in [1.29, 1.82) is 0 Å². The maximum atomic E-state index is 14.0. The molecule has 3 rings (SSSR count). The van der Waals surface area contributed by atoms with E-state index in [0.29, 0.717) is 17.3 Å². The van der Waals surface area contributed by atoms with Gasteiger partial charge in [-0.3, -0.25) is 4.57 Å². The predicted octanol–water partition coefficient (Wildman–Crippen LogP) is 3.38. The molecule has 0 saturated heterocycles. The third-order valence-corrected chi connectivity index (χ3v) is 2.95. The van der Waals surface area contributed by atoms with Gasteiger partial charge in [0.2, 0.25) is 0 Å². The Labute approximate surface area is 110 Å². The Hall–Kier alpha value is -2.49. The molecule has 94 valence electrons. The molecule has 0 unspecified atom stereocenters. The van der Waals surface area contributed by atoms with E-state index in [2.05, 4.69) is 10.2 Å². The number of nitrogens with zero attached hydrogens (tertiary/aromatic N) is 3. The van der Waals surface area contributed by atoms with Crippen molar-refractivity contribution in [2.75, 3.05) is 0 Å². The van der Waals surface area contributed by atoms with Crippen molar-refractivity contribution in [3.8, 4) is 17.1 Å². The lowest BCUT2D eigenvalue weighted by molar-refractivity contribution is 0.617. The molecule has 0 aliphatic rings. The standard InChI is InChI=1S/C15H12FN3/c1-11-17-18-15(12-7-3-2-4-8-12)19(11)14-10-6-5-9-13(14)16/h2-10H,1H3. The van der Waals surface area contributed by atoms with Gasteiger partial charge in [0, 0.05) is 5.56 Å². The Balaban J connectivity index is 2.23. The molecule has 0 fully saturated rings. The van der Waals surface area contributed by atoms with E-state index < -0.39 is 0 Å². The lowest BCUT2D eigenvalue weighted by atomic mass is 10.2. The lowest BCUT2D eigenvalue weighted by Crippen LogP contribution is -2.02. The molecule has 0 amide bonds. The summed E-state index contributed by atoms with van der Waals surface area (Å²) in [5, 5.41) is 8.21. The first-order valence-corrected chi connectivity index (χ1v) is 6.00. The van der Waals surface area contributed by atoms with E-state index in [4.69, 9.17) is 0 Å². The summed E-state index contributed by atoms with van der Waals surface area (Å²) in [5.74, 6) is 1.01. The highest BCUT2D eigenvalue weighted by atomic mass is 19.1. The summed E-state index contributed by atoms with van der Waals surface area (Å²) in [5.41, 5.74) is 1.37. The van der Waals surface area contributed by atoms with Crippen molar-refractivity contribution in [2.45, 2.75) is 6.92 Å². The van der Waals surface area contributed by atoms with Gasteiger partial charge >= 0.3 is 0 Å². The first-order chi connectivity index (χ1) is 9.27. The molecule has 1 aromatic heterocycles. The van der Waals surface area contributed by atoms with Gasteiger partial charge in [-0.15, -0.1) is 10.2 Å². The van der Waals surface area contributed by atoms with Crippen LogP contribution in [-0.4, -0.2) is 14.8 Å². The van der Waals surface area contributed by atoms with E-state index >= 15 is 0 Å². The summed E-state index contributed by atoms with van der Waals surface area (Å²) in [4.78, 5) is 0. The van der Waals surface area contributed by atoms with Gasteiger partial charge in [0.05, 0.1) is 5.69 Å². The van der Waals surface area contributed by atoms with E-state index in [0.717, 1.165) is 5.56 Å². The fourth-order valence-electron chi connectivity index (χ4n) is 2.06. The molecule has 0 N–H and O–H groups in total. The van der Waals surface area contributed by atoms with Crippen LogP contribution in [0.2, 0.25) is 0 Å². The molecule has 0 spiro atoms. The first kappa shape index (κ1) is 11.6. The zero-order valence-corrected chi connectivity index (χ0v) is 10.4. The van der Waals surface area contributed by atoms with Crippen molar-refractivity contribution in [3.05, 3.63) is 66.2 Å².